The van der Waals surface area contributed by atoms with Crippen LogP contribution in [0.1, 0.15) is 19.4 Å². The van der Waals surface area contributed by atoms with E-state index in [9.17, 15) is 26.8 Å². The molecule has 0 spiro atoms. The van der Waals surface area contributed by atoms with Gasteiger partial charge in [0.15, 0.2) is 0 Å². The van der Waals surface area contributed by atoms with Crippen molar-refractivity contribution in [1.29, 1.82) is 0 Å². The monoisotopic (exact) mass is 515 g/mol. The van der Waals surface area contributed by atoms with E-state index in [0.717, 1.165) is 11.0 Å². The van der Waals surface area contributed by atoms with Crippen molar-refractivity contribution in [1.82, 2.24) is 10.2 Å². The van der Waals surface area contributed by atoms with Crippen LogP contribution < -0.4 is 9.62 Å². The molecule has 0 aliphatic carbocycles. The number of hydrogen-bond donors (Lipinski definition) is 1. The Kier molecular flexibility index (Phi) is 8.76. The Morgan fingerprint density at radius 1 is 0.889 bits per heavy atom. The number of benzene rings is 3. The molecule has 0 saturated heterocycles. The number of nitrogens with one attached hydrogen (secondary N) is 1. The third-order valence-corrected chi connectivity index (χ3v) is 7.32. The minimum Gasteiger partial charge on any atom is -0.355 e. The molecule has 0 saturated carbocycles. The third kappa shape index (κ3) is 6.06. The highest BCUT2D eigenvalue weighted by Gasteiger charge is 2.33. The van der Waals surface area contributed by atoms with Gasteiger partial charge in [0.1, 0.15) is 24.2 Å². The Hall–Kier alpha value is -3.79. The number of likely N-dealkylation sites (N-methyl/N-ethyl adjacent to an activating group) is 1. The van der Waals surface area contributed by atoms with Crippen LogP contribution in [0.15, 0.2) is 83.8 Å². The fourth-order valence-electron chi connectivity index (χ4n) is 3.60. The summed E-state index contributed by atoms with van der Waals surface area (Å²) in [6.07, 6.45) is 0. The molecule has 0 aromatic heterocycles. The van der Waals surface area contributed by atoms with Gasteiger partial charge in [-0.1, -0.05) is 48.5 Å². The van der Waals surface area contributed by atoms with E-state index in [4.69, 9.17) is 0 Å². The third-order valence-electron chi connectivity index (χ3n) is 5.55. The van der Waals surface area contributed by atoms with E-state index in [1.165, 1.54) is 67.6 Å². The van der Waals surface area contributed by atoms with Crippen LogP contribution in [-0.4, -0.2) is 44.3 Å². The van der Waals surface area contributed by atoms with Crippen molar-refractivity contribution in [2.75, 3.05) is 17.4 Å². The van der Waals surface area contributed by atoms with Crippen LogP contribution in [0.2, 0.25) is 0 Å². The minimum atomic E-state index is -4.37. The van der Waals surface area contributed by atoms with E-state index in [1.54, 1.807) is 19.1 Å². The molecule has 0 aliphatic rings. The molecule has 10 heteroatoms. The first-order chi connectivity index (χ1) is 17.2. The SMILES string of the molecule is CCNC(=O)[C@@H](C)N(Cc1ccccc1F)C(=O)CN(c1ccccc1F)S(=O)(=O)c1ccccc1. The Morgan fingerprint density at radius 3 is 2.08 bits per heavy atom. The maximum atomic E-state index is 14.8. The first-order valence-corrected chi connectivity index (χ1v) is 12.7. The molecule has 0 unspecified atom stereocenters. The Bertz CT molecular complexity index is 1320. The van der Waals surface area contributed by atoms with Crippen molar-refractivity contribution in [3.05, 3.63) is 96.1 Å². The van der Waals surface area contributed by atoms with E-state index in [1.807, 2.05) is 0 Å². The summed E-state index contributed by atoms with van der Waals surface area (Å²) in [4.78, 5) is 27.1. The second-order valence-corrected chi connectivity index (χ2v) is 9.82. The summed E-state index contributed by atoms with van der Waals surface area (Å²) in [5.74, 6) is -2.73. The highest BCUT2D eigenvalue weighted by atomic mass is 32.2. The lowest BCUT2D eigenvalue weighted by atomic mass is 10.1. The summed E-state index contributed by atoms with van der Waals surface area (Å²) in [6.45, 7) is 2.37. The molecule has 190 valence electrons. The predicted octanol–water partition coefficient (Wildman–Crippen LogP) is 3.71. The van der Waals surface area contributed by atoms with Crippen LogP contribution in [0.5, 0.6) is 0 Å². The topological polar surface area (TPSA) is 86.8 Å². The summed E-state index contributed by atoms with van der Waals surface area (Å²) in [5.41, 5.74) is -0.184. The van der Waals surface area contributed by atoms with Gasteiger partial charge in [0.05, 0.1) is 10.6 Å². The molecule has 1 N–H and O–H groups in total. The average Bonchev–Trinajstić information content (AvgIpc) is 2.87. The average molecular weight is 516 g/mol. The lowest BCUT2D eigenvalue weighted by molar-refractivity contribution is -0.139. The van der Waals surface area contributed by atoms with Crippen molar-refractivity contribution in [3.63, 3.8) is 0 Å². The Balaban J connectivity index is 2.04. The fourth-order valence-corrected chi connectivity index (χ4v) is 5.04. The van der Waals surface area contributed by atoms with Gasteiger partial charge in [0.25, 0.3) is 10.0 Å². The number of halogens is 2. The van der Waals surface area contributed by atoms with Crippen molar-refractivity contribution >= 4 is 27.5 Å². The van der Waals surface area contributed by atoms with Gasteiger partial charge in [-0.25, -0.2) is 17.2 Å². The number of carbonyl (C=O) groups is 2. The smallest absolute Gasteiger partial charge is 0.264 e. The number of hydrogen-bond acceptors (Lipinski definition) is 4. The van der Waals surface area contributed by atoms with Crippen LogP contribution in [0.4, 0.5) is 14.5 Å². The van der Waals surface area contributed by atoms with Gasteiger partial charge >= 0.3 is 0 Å². The number of nitrogens with zero attached hydrogens (tertiary/aromatic N) is 2. The molecule has 3 rings (SSSR count). The molecule has 0 bridgehead atoms. The molecular formula is C26H27F2N3O4S. The molecule has 1 atom stereocenters. The van der Waals surface area contributed by atoms with Gasteiger partial charge < -0.3 is 10.2 Å². The highest BCUT2D eigenvalue weighted by molar-refractivity contribution is 7.92. The Labute approximate surface area is 209 Å². The summed E-state index contributed by atoms with van der Waals surface area (Å²) < 4.78 is 56.9. The lowest BCUT2D eigenvalue weighted by Crippen LogP contribution is -2.51. The van der Waals surface area contributed by atoms with Gasteiger partial charge in [-0.05, 0) is 44.2 Å². The largest absolute Gasteiger partial charge is 0.355 e. The quantitative estimate of drug-likeness (QED) is 0.446. The molecule has 0 heterocycles. The number of sulfonamides is 1. The maximum absolute atomic E-state index is 14.8. The van der Waals surface area contributed by atoms with E-state index in [-0.39, 0.29) is 22.7 Å². The zero-order chi connectivity index (χ0) is 26.3. The second-order valence-electron chi connectivity index (χ2n) is 7.96. The van der Waals surface area contributed by atoms with E-state index >= 15 is 0 Å². The first-order valence-electron chi connectivity index (χ1n) is 11.3. The molecule has 3 aromatic carbocycles. The van der Waals surface area contributed by atoms with Crippen LogP contribution in [0.25, 0.3) is 0 Å². The predicted molar refractivity (Wildman–Crippen MR) is 132 cm³/mol. The van der Waals surface area contributed by atoms with Gasteiger partial charge in [0.2, 0.25) is 11.8 Å². The number of para-hydroxylation sites is 1. The second kappa shape index (κ2) is 11.8. The van der Waals surface area contributed by atoms with Crippen LogP contribution in [-0.2, 0) is 26.2 Å². The zero-order valence-corrected chi connectivity index (χ0v) is 20.7. The van der Waals surface area contributed by atoms with Gasteiger partial charge in [-0.15, -0.1) is 0 Å². The zero-order valence-electron chi connectivity index (χ0n) is 19.9. The number of rotatable bonds is 10. The minimum absolute atomic E-state index is 0.140. The summed E-state index contributed by atoms with van der Waals surface area (Å²) in [7, 11) is -4.37. The van der Waals surface area contributed by atoms with Crippen molar-refractivity contribution in [2.24, 2.45) is 0 Å². The van der Waals surface area contributed by atoms with Crippen molar-refractivity contribution < 1.29 is 26.8 Å². The first kappa shape index (κ1) is 26.8. The molecule has 0 fully saturated rings. The van der Waals surface area contributed by atoms with E-state index in [2.05, 4.69) is 5.32 Å². The summed E-state index contributed by atoms with van der Waals surface area (Å²) in [6, 6.07) is 17.2. The van der Waals surface area contributed by atoms with Gasteiger partial charge in [-0.2, -0.15) is 0 Å². The standard InChI is InChI=1S/C26H27F2N3O4S/c1-3-29-26(33)19(2)30(17-20-11-7-8-14-22(20)27)25(32)18-31(24-16-10-9-15-23(24)28)36(34,35)21-12-5-4-6-13-21/h4-16,19H,3,17-18H2,1-2H3,(H,29,33)/t19-/m1/s1. The Morgan fingerprint density at radius 2 is 1.47 bits per heavy atom. The lowest BCUT2D eigenvalue weighted by Gasteiger charge is -2.32. The number of amides is 2. The fraction of sp³-hybridized carbons (Fsp3) is 0.231. The number of anilines is 1. The molecule has 0 radical (unpaired) electrons. The summed E-state index contributed by atoms with van der Waals surface area (Å²) in [5, 5.41) is 2.61. The highest BCUT2D eigenvalue weighted by Crippen LogP contribution is 2.27. The molecule has 0 aliphatic heterocycles. The van der Waals surface area contributed by atoms with E-state index < -0.39 is 46.1 Å². The van der Waals surface area contributed by atoms with Gasteiger partial charge in [0, 0.05) is 18.7 Å². The van der Waals surface area contributed by atoms with E-state index in [0.29, 0.717) is 10.8 Å². The molecule has 36 heavy (non-hydrogen) atoms. The maximum Gasteiger partial charge on any atom is 0.264 e. The van der Waals surface area contributed by atoms with Crippen molar-refractivity contribution in [3.8, 4) is 0 Å². The molecule has 3 aromatic rings. The molecular weight excluding hydrogens is 488 g/mol. The number of carbonyl (C=O) groups excluding carboxylic acids is 2. The van der Waals surface area contributed by atoms with Crippen LogP contribution >= 0.6 is 0 Å². The molecule has 7 nitrogen and oxygen atoms in total. The summed E-state index contributed by atoms with van der Waals surface area (Å²) >= 11 is 0. The van der Waals surface area contributed by atoms with Crippen LogP contribution in [0.3, 0.4) is 0 Å². The van der Waals surface area contributed by atoms with Crippen LogP contribution in [0, 0.1) is 11.6 Å². The molecule has 2 amide bonds. The van der Waals surface area contributed by atoms with Crippen molar-refractivity contribution in [2.45, 2.75) is 31.3 Å². The van der Waals surface area contributed by atoms with Gasteiger partial charge in [-0.3, -0.25) is 13.9 Å². The normalized spacial score (nSPS) is 12.0.